The number of halogens is 1. The summed E-state index contributed by atoms with van der Waals surface area (Å²) in [5.41, 5.74) is 2.67. The molecule has 0 amide bonds. The summed E-state index contributed by atoms with van der Waals surface area (Å²) in [7, 11) is 0. The van der Waals surface area contributed by atoms with Crippen molar-refractivity contribution in [3.05, 3.63) is 69.6 Å². The number of ketones is 1. The van der Waals surface area contributed by atoms with E-state index < -0.39 is 0 Å². The maximum atomic E-state index is 11.8. The van der Waals surface area contributed by atoms with Crippen molar-refractivity contribution in [3.8, 4) is 0 Å². The lowest BCUT2D eigenvalue weighted by atomic mass is 10.0. The fourth-order valence-corrected chi connectivity index (χ4v) is 4.10. The molecule has 0 saturated carbocycles. The molecule has 3 heterocycles. The molecule has 7 heteroatoms. The lowest BCUT2D eigenvalue weighted by molar-refractivity contribution is 0.102. The first kappa shape index (κ1) is 17.0. The Hall–Kier alpha value is -2.44. The topological polar surface area (TPSA) is 58.7 Å². The number of aryl methyl sites for hydroxylation is 1. The van der Waals surface area contributed by atoms with E-state index in [1.165, 1.54) is 11.3 Å². The second kappa shape index (κ2) is 6.70. The van der Waals surface area contributed by atoms with Crippen molar-refractivity contribution >= 4 is 39.6 Å². The van der Waals surface area contributed by atoms with Crippen molar-refractivity contribution in [1.82, 2.24) is 4.98 Å². The summed E-state index contributed by atoms with van der Waals surface area (Å²) in [5, 5.41) is 8.03. The number of benzene rings is 1. The highest BCUT2D eigenvalue weighted by Gasteiger charge is 2.34. The number of aromatic nitrogens is 1. The largest absolute Gasteiger partial charge is 0.467 e. The van der Waals surface area contributed by atoms with Crippen LogP contribution in [0.15, 0.2) is 52.2 Å². The maximum Gasteiger partial charge on any atom is 0.207 e. The van der Waals surface area contributed by atoms with E-state index in [-0.39, 0.29) is 11.8 Å². The van der Waals surface area contributed by atoms with Crippen LogP contribution >= 0.6 is 22.9 Å². The molecule has 0 spiro atoms. The predicted octanol–water partition coefficient (Wildman–Crippen LogP) is 5.26. The fourth-order valence-electron chi connectivity index (χ4n) is 3.01. The monoisotopic (exact) mass is 385 g/mol. The van der Waals surface area contributed by atoms with Crippen molar-refractivity contribution in [2.45, 2.75) is 26.3 Å². The number of anilines is 1. The Kier molecular flexibility index (Phi) is 4.38. The summed E-state index contributed by atoms with van der Waals surface area (Å²) < 4.78 is 5.63. The van der Waals surface area contributed by atoms with E-state index in [4.69, 9.17) is 21.1 Å². The van der Waals surface area contributed by atoms with Crippen LogP contribution in [0.4, 0.5) is 5.13 Å². The minimum absolute atomic E-state index is 0.0156. The zero-order chi connectivity index (χ0) is 18.3. The molecule has 26 heavy (non-hydrogen) atoms. The van der Waals surface area contributed by atoms with Crippen molar-refractivity contribution in [3.63, 3.8) is 0 Å². The molecule has 2 aromatic heterocycles. The predicted molar refractivity (Wildman–Crippen MR) is 103 cm³/mol. The van der Waals surface area contributed by atoms with E-state index in [2.05, 4.69) is 4.98 Å². The van der Waals surface area contributed by atoms with Gasteiger partial charge in [-0.05, 0) is 36.8 Å². The number of thiazole rings is 1. The van der Waals surface area contributed by atoms with Gasteiger partial charge in [0.05, 0.1) is 22.5 Å². The number of hydrogen-bond donors (Lipinski definition) is 0. The highest BCUT2D eigenvalue weighted by Crippen LogP contribution is 2.39. The van der Waals surface area contributed by atoms with E-state index in [9.17, 15) is 4.79 Å². The number of rotatable bonds is 4. The lowest BCUT2D eigenvalue weighted by Crippen LogP contribution is -2.17. The molecule has 1 aliphatic heterocycles. The Bertz CT molecular complexity index is 977. The fraction of sp³-hybridized carbons (Fsp3) is 0.211. The quantitative estimate of drug-likeness (QED) is 0.575. The zero-order valence-corrected chi connectivity index (χ0v) is 15.8. The standard InChI is InChI=1S/C19H16ClN3O2S/c1-11-18(12(2)24)26-19(21-11)23-16(17-4-3-9-25-17)10-15(22-23)13-5-7-14(20)8-6-13/h3-9,16H,10H2,1-2H3/t16-/m1/s1. The second-order valence-corrected chi connectivity index (χ2v) is 7.51. The number of carbonyl (C=O) groups excluding carboxylic acids is 1. The van der Waals surface area contributed by atoms with Crippen LogP contribution in [-0.4, -0.2) is 16.5 Å². The van der Waals surface area contributed by atoms with Gasteiger partial charge in [-0.2, -0.15) is 5.10 Å². The number of hydrogen-bond acceptors (Lipinski definition) is 6. The van der Waals surface area contributed by atoms with Gasteiger partial charge in [-0.15, -0.1) is 0 Å². The molecule has 132 valence electrons. The van der Waals surface area contributed by atoms with Crippen molar-refractivity contribution < 1.29 is 9.21 Å². The summed E-state index contributed by atoms with van der Waals surface area (Å²) >= 11 is 7.36. The molecule has 1 aromatic carbocycles. The first-order chi connectivity index (χ1) is 12.5. The average Bonchev–Trinajstić information content (AvgIpc) is 3.33. The molecular formula is C19H16ClN3O2S. The smallest absolute Gasteiger partial charge is 0.207 e. The number of nitrogens with zero attached hydrogens (tertiary/aromatic N) is 3. The Morgan fingerprint density at radius 3 is 2.69 bits per heavy atom. The van der Waals surface area contributed by atoms with E-state index in [1.807, 2.05) is 48.3 Å². The van der Waals surface area contributed by atoms with Gasteiger partial charge in [-0.3, -0.25) is 4.79 Å². The van der Waals surface area contributed by atoms with Crippen LogP contribution < -0.4 is 5.01 Å². The molecule has 1 atom stereocenters. The highest BCUT2D eigenvalue weighted by molar-refractivity contribution is 7.17. The van der Waals surface area contributed by atoms with E-state index in [1.54, 1.807) is 13.2 Å². The third-order valence-corrected chi connectivity index (χ3v) is 5.76. The number of furan rings is 1. The SMILES string of the molecule is CC(=O)c1sc(N2N=C(c3ccc(Cl)cc3)C[C@@H]2c2ccco2)nc1C. The molecule has 0 fully saturated rings. The molecule has 0 radical (unpaired) electrons. The summed E-state index contributed by atoms with van der Waals surface area (Å²) in [4.78, 5) is 17.0. The third-order valence-electron chi connectivity index (χ3n) is 4.26. The van der Waals surface area contributed by atoms with Gasteiger partial charge in [-0.1, -0.05) is 35.1 Å². The highest BCUT2D eigenvalue weighted by atomic mass is 35.5. The maximum absolute atomic E-state index is 11.8. The molecule has 5 nitrogen and oxygen atoms in total. The first-order valence-corrected chi connectivity index (χ1v) is 9.37. The molecule has 0 bridgehead atoms. The molecule has 4 rings (SSSR count). The van der Waals surface area contributed by atoms with Gasteiger partial charge in [-0.25, -0.2) is 9.99 Å². The summed E-state index contributed by atoms with van der Waals surface area (Å²) in [6, 6.07) is 11.3. The minimum Gasteiger partial charge on any atom is -0.467 e. The van der Waals surface area contributed by atoms with Crippen LogP contribution in [0, 0.1) is 6.92 Å². The Morgan fingerprint density at radius 2 is 2.08 bits per heavy atom. The third kappa shape index (κ3) is 3.06. The Morgan fingerprint density at radius 1 is 1.31 bits per heavy atom. The van der Waals surface area contributed by atoms with Gasteiger partial charge in [0.2, 0.25) is 5.13 Å². The normalized spacial score (nSPS) is 16.8. The molecule has 0 aliphatic carbocycles. The van der Waals surface area contributed by atoms with Crippen molar-refractivity contribution in [1.29, 1.82) is 0 Å². The van der Waals surface area contributed by atoms with E-state index in [0.717, 1.165) is 22.7 Å². The van der Waals surface area contributed by atoms with Gasteiger partial charge < -0.3 is 4.42 Å². The molecule has 0 unspecified atom stereocenters. The average molecular weight is 386 g/mol. The van der Waals surface area contributed by atoms with Gasteiger partial charge in [0.25, 0.3) is 0 Å². The minimum atomic E-state index is -0.0963. The van der Waals surface area contributed by atoms with Crippen LogP contribution in [0.3, 0.4) is 0 Å². The van der Waals surface area contributed by atoms with Gasteiger partial charge >= 0.3 is 0 Å². The van der Waals surface area contributed by atoms with Crippen molar-refractivity contribution in [2.24, 2.45) is 5.10 Å². The summed E-state index contributed by atoms with van der Waals surface area (Å²) in [6.45, 7) is 3.40. The van der Waals surface area contributed by atoms with E-state index in [0.29, 0.717) is 21.5 Å². The van der Waals surface area contributed by atoms with Crippen molar-refractivity contribution in [2.75, 3.05) is 5.01 Å². The number of hydrazone groups is 1. The Balaban J connectivity index is 1.76. The van der Waals surface area contributed by atoms with Gasteiger partial charge in [0.1, 0.15) is 11.8 Å². The second-order valence-electron chi connectivity index (χ2n) is 6.10. The molecule has 1 aliphatic rings. The lowest BCUT2D eigenvalue weighted by Gasteiger charge is -2.18. The zero-order valence-electron chi connectivity index (χ0n) is 14.3. The van der Waals surface area contributed by atoms with Gasteiger partial charge in [0.15, 0.2) is 5.78 Å². The Labute approximate surface area is 159 Å². The number of Topliss-reactive ketones (excluding diaryl/α,β-unsaturated/α-hetero) is 1. The number of carbonyl (C=O) groups is 1. The van der Waals surface area contributed by atoms with Crippen LogP contribution in [0.1, 0.15) is 46.1 Å². The first-order valence-electron chi connectivity index (χ1n) is 8.17. The van der Waals surface area contributed by atoms with Crippen LogP contribution in [-0.2, 0) is 0 Å². The molecule has 3 aromatic rings. The van der Waals surface area contributed by atoms with Crippen LogP contribution in [0.2, 0.25) is 5.02 Å². The summed E-state index contributed by atoms with van der Waals surface area (Å²) in [5.74, 6) is 0.830. The molecule has 0 N–H and O–H groups in total. The molecular weight excluding hydrogens is 370 g/mol. The summed E-state index contributed by atoms with van der Waals surface area (Å²) in [6.07, 6.45) is 2.34. The molecule has 0 saturated heterocycles. The van der Waals surface area contributed by atoms with Crippen LogP contribution in [0.5, 0.6) is 0 Å². The van der Waals surface area contributed by atoms with Gasteiger partial charge in [0, 0.05) is 18.4 Å². The van der Waals surface area contributed by atoms with Crippen LogP contribution in [0.25, 0.3) is 0 Å². The van der Waals surface area contributed by atoms with E-state index >= 15 is 0 Å².